The van der Waals surface area contributed by atoms with Crippen molar-refractivity contribution in [2.75, 3.05) is 5.32 Å². The quantitative estimate of drug-likeness (QED) is 0.650. The van der Waals surface area contributed by atoms with Crippen molar-refractivity contribution in [3.8, 4) is 0 Å². The summed E-state index contributed by atoms with van der Waals surface area (Å²) in [6, 6.07) is 1.87. The molecular weight excluding hydrogens is 254 g/mol. The number of rotatable bonds is 5. The zero-order chi connectivity index (χ0) is 14.5. The van der Waals surface area contributed by atoms with E-state index in [9.17, 15) is 10.1 Å². The fourth-order valence-corrected chi connectivity index (χ4v) is 3.07. The SMILES string of the molecule is CCC(Nc1ncc(C)cc1[N+](=O)[O-])C1CCCCC1. The number of nitro groups is 1. The van der Waals surface area contributed by atoms with E-state index in [1.807, 2.05) is 6.92 Å². The zero-order valence-corrected chi connectivity index (χ0v) is 12.3. The van der Waals surface area contributed by atoms with Crippen LogP contribution in [0.3, 0.4) is 0 Å². The summed E-state index contributed by atoms with van der Waals surface area (Å²) < 4.78 is 0. The number of nitrogens with zero attached hydrogens (tertiary/aromatic N) is 2. The molecule has 0 bridgehead atoms. The van der Waals surface area contributed by atoms with Gasteiger partial charge in [0.1, 0.15) is 0 Å². The van der Waals surface area contributed by atoms with Gasteiger partial charge in [-0.05, 0) is 37.7 Å². The Morgan fingerprint density at radius 3 is 2.75 bits per heavy atom. The van der Waals surface area contributed by atoms with Gasteiger partial charge in [-0.1, -0.05) is 26.2 Å². The van der Waals surface area contributed by atoms with Crippen molar-refractivity contribution in [1.82, 2.24) is 4.98 Å². The maximum atomic E-state index is 11.1. The molecule has 20 heavy (non-hydrogen) atoms. The van der Waals surface area contributed by atoms with Gasteiger partial charge in [-0.25, -0.2) is 4.98 Å². The van der Waals surface area contributed by atoms with Gasteiger partial charge in [0.25, 0.3) is 0 Å². The predicted molar refractivity (Wildman–Crippen MR) is 79.9 cm³/mol. The molecule has 0 saturated heterocycles. The van der Waals surface area contributed by atoms with E-state index in [0.717, 1.165) is 12.0 Å². The standard InChI is InChI=1S/C15H23N3O2/c1-3-13(12-7-5-4-6-8-12)17-15-14(18(19)20)9-11(2)10-16-15/h9-10,12-13H,3-8H2,1-2H3,(H,16,17). The molecule has 1 aromatic rings. The van der Waals surface area contributed by atoms with Crippen molar-refractivity contribution >= 4 is 11.5 Å². The van der Waals surface area contributed by atoms with Gasteiger partial charge in [0.05, 0.1) is 4.92 Å². The van der Waals surface area contributed by atoms with Gasteiger partial charge in [0.15, 0.2) is 0 Å². The molecular formula is C15H23N3O2. The Hall–Kier alpha value is -1.65. The fraction of sp³-hybridized carbons (Fsp3) is 0.667. The van der Waals surface area contributed by atoms with Gasteiger partial charge >= 0.3 is 5.69 Å². The second-order valence-electron chi connectivity index (χ2n) is 5.69. The van der Waals surface area contributed by atoms with Crippen molar-refractivity contribution in [3.05, 3.63) is 27.9 Å². The molecule has 110 valence electrons. The van der Waals surface area contributed by atoms with Crippen molar-refractivity contribution < 1.29 is 4.92 Å². The van der Waals surface area contributed by atoms with E-state index in [-0.39, 0.29) is 16.7 Å². The van der Waals surface area contributed by atoms with Crippen molar-refractivity contribution in [2.24, 2.45) is 5.92 Å². The number of hydrogen-bond donors (Lipinski definition) is 1. The van der Waals surface area contributed by atoms with Crippen LogP contribution in [0, 0.1) is 23.0 Å². The lowest BCUT2D eigenvalue weighted by Crippen LogP contribution is -2.30. The Bertz CT molecular complexity index is 470. The van der Waals surface area contributed by atoms with E-state index in [1.54, 1.807) is 12.3 Å². The van der Waals surface area contributed by atoms with E-state index in [2.05, 4.69) is 17.2 Å². The highest BCUT2D eigenvalue weighted by Crippen LogP contribution is 2.31. The summed E-state index contributed by atoms with van der Waals surface area (Å²) in [5.74, 6) is 1.02. The van der Waals surface area contributed by atoms with Crippen LogP contribution < -0.4 is 5.32 Å². The van der Waals surface area contributed by atoms with Gasteiger partial charge in [-0.2, -0.15) is 0 Å². The lowest BCUT2D eigenvalue weighted by atomic mass is 9.83. The summed E-state index contributed by atoms with van der Waals surface area (Å²) in [4.78, 5) is 15.0. The zero-order valence-electron chi connectivity index (χ0n) is 12.3. The molecule has 2 rings (SSSR count). The van der Waals surface area contributed by atoms with E-state index in [4.69, 9.17) is 0 Å². The Balaban J connectivity index is 2.16. The third kappa shape index (κ3) is 3.46. The number of nitrogens with one attached hydrogen (secondary N) is 1. The average molecular weight is 277 g/mol. The Morgan fingerprint density at radius 1 is 1.45 bits per heavy atom. The molecule has 0 aliphatic heterocycles. The number of hydrogen-bond acceptors (Lipinski definition) is 4. The first kappa shape index (κ1) is 14.8. The summed E-state index contributed by atoms with van der Waals surface area (Å²) >= 11 is 0. The molecule has 1 aliphatic rings. The van der Waals surface area contributed by atoms with Crippen LogP contribution in [-0.4, -0.2) is 15.9 Å². The van der Waals surface area contributed by atoms with Crippen LogP contribution in [0.25, 0.3) is 0 Å². The summed E-state index contributed by atoms with van der Waals surface area (Å²) in [6.07, 6.45) is 8.94. The Labute approximate surface area is 119 Å². The number of anilines is 1. The first-order chi connectivity index (χ1) is 9.61. The van der Waals surface area contributed by atoms with E-state index >= 15 is 0 Å². The average Bonchev–Trinajstić information content (AvgIpc) is 2.46. The van der Waals surface area contributed by atoms with Crippen LogP contribution in [0.2, 0.25) is 0 Å². The van der Waals surface area contributed by atoms with Crippen LogP contribution in [0.4, 0.5) is 11.5 Å². The van der Waals surface area contributed by atoms with Crippen molar-refractivity contribution in [3.63, 3.8) is 0 Å². The molecule has 1 fully saturated rings. The maximum absolute atomic E-state index is 11.1. The predicted octanol–water partition coefficient (Wildman–Crippen LogP) is 4.07. The van der Waals surface area contributed by atoms with Crippen LogP contribution >= 0.6 is 0 Å². The summed E-state index contributed by atoms with van der Waals surface area (Å²) in [7, 11) is 0. The topological polar surface area (TPSA) is 68.1 Å². The molecule has 1 saturated carbocycles. The van der Waals surface area contributed by atoms with Gasteiger partial charge < -0.3 is 5.32 Å². The normalized spacial score (nSPS) is 17.7. The van der Waals surface area contributed by atoms with E-state index in [0.29, 0.717) is 11.7 Å². The second kappa shape index (κ2) is 6.68. The molecule has 0 spiro atoms. The molecule has 0 radical (unpaired) electrons. The van der Waals surface area contributed by atoms with Gasteiger partial charge in [0, 0.05) is 18.3 Å². The minimum Gasteiger partial charge on any atom is -0.361 e. The van der Waals surface area contributed by atoms with E-state index in [1.165, 1.54) is 32.1 Å². The fourth-order valence-electron chi connectivity index (χ4n) is 3.07. The van der Waals surface area contributed by atoms with Gasteiger partial charge in [-0.3, -0.25) is 10.1 Å². The van der Waals surface area contributed by atoms with E-state index < -0.39 is 0 Å². The minimum absolute atomic E-state index is 0.0826. The first-order valence-electron chi connectivity index (χ1n) is 7.49. The number of pyridine rings is 1. The molecule has 1 unspecified atom stereocenters. The third-order valence-electron chi connectivity index (χ3n) is 4.18. The summed E-state index contributed by atoms with van der Waals surface area (Å²) in [5.41, 5.74) is 0.896. The first-order valence-corrected chi connectivity index (χ1v) is 7.49. The Morgan fingerprint density at radius 2 is 2.15 bits per heavy atom. The lowest BCUT2D eigenvalue weighted by molar-refractivity contribution is -0.384. The summed E-state index contributed by atoms with van der Waals surface area (Å²) in [6.45, 7) is 3.95. The lowest BCUT2D eigenvalue weighted by Gasteiger charge is -2.30. The molecule has 0 amide bonds. The third-order valence-corrected chi connectivity index (χ3v) is 4.18. The number of aromatic nitrogens is 1. The monoisotopic (exact) mass is 277 g/mol. The molecule has 1 aliphatic carbocycles. The number of aryl methyl sites for hydroxylation is 1. The molecule has 1 atom stereocenters. The molecule has 5 nitrogen and oxygen atoms in total. The highest BCUT2D eigenvalue weighted by Gasteiger charge is 2.25. The molecule has 5 heteroatoms. The van der Waals surface area contributed by atoms with Gasteiger partial charge in [-0.15, -0.1) is 0 Å². The largest absolute Gasteiger partial charge is 0.361 e. The molecule has 1 heterocycles. The molecule has 1 aromatic heterocycles. The van der Waals surface area contributed by atoms with Gasteiger partial charge in [0.2, 0.25) is 5.82 Å². The summed E-state index contributed by atoms with van der Waals surface area (Å²) in [5, 5.41) is 14.5. The highest BCUT2D eigenvalue weighted by molar-refractivity contribution is 5.57. The smallest absolute Gasteiger partial charge is 0.311 e. The van der Waals surface area contributed by atoms with Crippen LogP contribution in [0.1, 0.15) is 51.0 Å². The van der Waals surface area contributed by atoms with Crippen molar-refractivity contribution in [2.45, 2.75) is 58.4 Å². The second-order valence-corrected chi connectivity index (χ2v) is 5.69. The minimum atomic E-state index is -0.351. The van der Waals surface area contributed by atoms with Crippen LogP contribution in [0.15, 0.2) is 12.3 Å². The van der Waals surface area contributed by atoms with Crippen LogP contribution in [-0.2, 0) is 0 Å². The molecule has 1 N–H and O–H groups in total. The Kier molecular flexibility index (Phi) is 4.93. The molecule has 0 aromatic carbocycles. The maximum Gasteiger partial charge on any atom is 0.311 e. The van der Waals surface area contributed by atoms with Crippen molar-refractivity contribution in [1.29, 1.82) is 0 Å². The van der Waals surface area contributed by atoms with Crippen LogP contribution in [0.5, 0.6) is 0 Å². The highest BCUT2D eigenvalue weighted by atomic mass is 16.6.